The molecule has 2 aliphatic rings. The zero-order valence-corrected chi connectivity index (χ0v) is 9.81. The fraction of sp³-hybridized carbons (Fsp3) is 1.00. The summed E-state index contributed by atoms with van der Waals surface area (Å²) < 4.78 is 0. The molecule has 1 heteroatoms. The van der Waals surface area contributed by atoms with Crippen molar-refractivity contribution in [3.8, 4) is 0 Å². The van der Waals surface area contributed by atoms with Gasteiger partial charge in [-0.3, -0.25) is 0 Å². The largest absolute Gasteiger partial charge is 0.316 e. The van der Waals surface area contributed by atoms with Crippen molar-refractivity contribution in [1.82, 2.24) is 5.32 Å². The van der Waals surface area contributed by atoms with Crippen molar-refractivity contribution in [2.45, 2.75) is 64.3 Å². The summed E-state index contributed by atoms with van der Waals surface area (Å²) in [4.78, 5) is 0. The highest BCUT2D eigenvalue weighted by Crippen LogP contribution is 2.49. The smallest absolute Gasteiger partial charge is 0.0149 e. The van der Waals surface area contributed by atoms with Gasteiger partial charge in [0.05, 0.1) is 0 Å². The van der Waals surface area contributed by atoms with Crippen LogP contribution >= 0.6 is 0 Å². The molecule has 2 fully saturated rings. The van der Waals surface area contributed by atoms with Gasteiger partial charge in [0.1, 0.15) is 0 Å². The highest BCUT2D eigenvalue weighted by Gasteiger charge is 2.43. The maximum Gasteiger partial charge on any atom is 0.0149 e. The van der Waals surface area contributed by atoms with Crippen LogP contribution in [-0.2, 0) is 0 Å². The van der Waals surface area contributed by atoms with Crippen LogP contribution < -0.4 is 5.32 Å². The monoisotopic (exact) mass is 195 g/mol. The van der Waals surface area contributed by atoms with E-state index in [0.29, 0.717) is 5.41 Å². The molecule has 0 aromatic carbocycles. The van der Waals surface area contributed by atoms with Gasteiger partial charge in [0.2, 0.25) is 0 Å². The molecule has 0 aromatic heterocycles. The number of rotatable bonds is 4. The van der Waals surface area contributed by atoms with Gasteiger partial charge in [-0.05, 0) is 50.5 Å². The van der Waals surface area contributed by atoms with E-state index in [1.54, 1.807) is 0 Å². The maximum atomic E-state index is 3.64. The van der Waals surface area contributed by atoms with E-state index in [1.165, 1.54) is 51.4 Å². The van der Waals surface area contributed by atoms with Crippen LogP contribution in [0.3, 0.4) is 0 Å². The van der Waals surface area contributed by atoms with Crippen LogP contribution in [0.4, 0.5) is 0 Å². The van der Waals surface area contributed by atoms with Gasteiger partial charge in [-0.2, -0.15) is 0 Å². The molecule has 14 heavy (non-hydrogen) atoms. The van der Waals surface area contributed by atoms with E-state index in [4.69, 9.17) is 0 Å². The van der Waals surface area contributed by atoms with Crippen molar-refractivity contribution in [2.75, 3.05) is 7.05 Å². The van der Waals surface area contributed by atoms with Crippen molar-refractivity contribution < 1.29 is 0 Å². The van der Waals surface area contributed by atoms with Crippen LogP contribution in [0.15, 0.2) is 0 Å². The lowest BCUT2D eigenvalue weighted by Crippen LogP contribution is -2.49. The topological polar surface area (TPSA) is 12.0 Å². The Kier molecular flexibility index (Phi) is 3.16. The first-order valence-corrected chi connectivity index (χ1v) is 6.49. The molecule has 0 spiro atoms. The summed E-state index contributed by atoms with van der Waals surface area (Å²) in [6, 6.07) is 0.823. The lowest BCUT2D eigenvalue weighted by atomic mass is 9.65. The lowest BCUT2D eigenvalue weighted by Gasteiger charge is -2.45. The summed E-state index contributed by atoms with van der Waals surface area (Å²) in [5.74, 6) is 0.998. The summed E-state index contributed by atoms with van der Waals surface area (Å²) in [6.45, 7) is 2.40. The molecule has 82 valence electrons. The number of hydrogen-bond acceptors (Lipinski definition) is 1. The molecule has 2 rings (SSSR count). The third-order valence-electron chi connectivity index (χ3n) is 4.90. The van der Waals surface area contributed by atoms with Crippen molar-refractivity contribution >= 4 is 0 Å². The van der Waals surface area contributed by atoms with E-state index in [1.807, 2.05) is 0 Å². The molecule has 0 aromatic rings. The summed E-state index contributed by atoms with van der Waals surface area (Å²) in [5, 5.41) is 3.64. The second kappa shape index (κ2) is 4.22. The van der Waals surface area contributed by atoms with Gasteiger partial charge >= 0.3 is 0 Å². The third-order valence-corrected chi connectivity index (χ3v) is 4.90. The van der Waals surface area contributed by atoms with Crippen molar-refractivity contribution in [2.24, 2.45) is 11.3 Å². The molecule has 0 saturated heterocycles. The first kappa shape index (κ1) is 10.5. The summed E-state index contributed by atoms with van der Waals surface area (Å²) >= 11 is 0. The van der Waals surface area contributed by atoms with E-state index in [9.17, 15) is 0 Å². The Morgan fingerprint density at radius 3 is 2.21 bits per heavy atom. The Morgan fingerprint density at radius 1 is 1.21 bits per heavy atom. The van der Waals surface area contributed by atoms with Gasteiger partial charge in [0, 0.05) is 6.04 Å². The zero-order chi connectivity index (χ0) is 10.0. The van der Waals surface area contributed by atoms with Gasteiger partial charge in [-0.25, -0.2) is 0 Å². The Bertz CT molecular complexity index is 178. The van der Waals surface area contributed by atoms with Crippen LogP contribution in [0.25, 0.3) is 0 Å². The predicted molar refractivity (Wildman–Crippen MR) is 61.4 cm³/mol. The predicted octanol–water partition coefficient (Wildman–Crippen LogP) is 3.34. The second-order valence-electron chi connectivity index (χ2n) is 5.38. The molecule has 0 bridgehead atoms. The molecule has 1 N–H and O–H groups in total. The molecule has 2 aliphatic carbocycles. The van der Waals surface area contributed by atoms with E-state index in [2.05, 4.69) is 19.3 Å². The molecule has 1 atom stereocenters. The normalized spacial score (nSPS) is 28.7. The van der Waals surface area contributed by atoms with Gasteiger partial charge in [0.15, 0.2) is 0 Å². The lowest BCUT2D eigenvalue weighted by molar-refractivity contribution is 0.0947. The van der Waals surface area contributed by atoms with Crippen molar-refractivity contribution in [3.63, 3.8) is 0 Å². The number of hydrogen-bond donors (Lipinski definition) is 1. The molecular formula is C13H25N. The summed E-state index contributed by atoms with van der Waals surface area (Å²) in [6.07, 6.45) is 11.7. The molecule has 0 heterocycles. The Balaban J connectivity index is 2.06. The molecule has 1 unspecified atom stereocenters. The maximum absolute atomic E-state index is 3.64. The average molecular weight is 195 g/mol. The first-order chi connectivity index (χ1) is 6.82. The van der Waals surface area contributed by atoms with Crippen LogP contribution in [0.5, 0.6) is 0 Å². The minimum Gasteiger partial charge on any atom is -0.316 e. The fourth-order valence-corrected chi connectivity index (χ4v) is 3.78. The van der Waals surface area contributed by atoms with Crippen LogP contribution in [-0.4, -0.2) is 13.1 Å². The van der Waals surface area contributed by atoms with E-state index in [0.717, 1.165) is 12.0 Å². The van der Waals surface area contributed by atoms with E-state index >= 15 is 0 Å². The minimum atomic E-state index is 0.667. The van der Waals surface area contributed by atoms with Crippen LogP contribution in [0.1, 0.15) is 58.3 Å². The minimum absolute atomic E-state index is 0.667. The second-order valence-corrected chi connectivity index (χ2v) is 5.38. The zero-order valence-electron chi connectivity index (χ0n) is 9.81. The standard InChI is InChI=1S/C13H25N/c1-3-13(9-4-5-10-13)12(14-2)11-7-6-8-11/h11-12,14H,3-10H2,1-2H3. The van der Waals surface area contributed by atoms with Gasteiger partial charge in [0.25, 0.3) is 0 Å². The SMILES string of the molecule is CCC1(C(NC)C2CCC2)CCCC1. The highest BCUT2D eigenvalue weighted by molar-refractivity contribution is 4.98. The molecular weight excluding hydrogens is 170 g/mol. The van der Waals surface area contributed by atoms with E-state index in [-0.39, 0.29) is 0 Å². The molecule has 0 radical (unpaired) electrons. The highest BCUT2D eigenvalue weighted by atomic mass is 14.9. The Labute approximate surface area is 88.7 Å². The molecule has 2 saturated carbocycles. The van der Waals surface area contributed by atoms with Crippen LogP contribution in [0.2, 0.25) is 0 Å². The van der Waals surface area contributed by atoms with Gasteiger partial charge in [-0.1, -0.05) is 26.2 Å². The van der Waals surface area contributed by atoms with Crippen molar-refractivity contribution in [1.29, 1.82) is 0 Å². The van der Waals surface area contributed by atoms with Crippen molar-refractivity contribution in [3.05, 3.63) is 0 Å². The fourth-order valence-electron chi connectivity index (χ4n) is 3.78. The summed E-state index contributed by atoms with van der Waals surface area (Å²) in [7, 11) is 2.18. The molecule has 1 nitrogen and oxygen atoms in total. The molecule has 0 aliphatic heterocycles. The number of nitrogens with one attached hydrogen (secondary N) is 1. The molecule has 0 amide bonds. The average Bonchev–Trinajstić information content (AvgIpc) is 2.60. The van der Waals surface area contributed by atoms with Crippen LogP contribution in [0, 0.1) is 11.3 Å². The third kappa shape index (κ3) is 1.60. The Morgan fingerprint density at radius 2 is 1.86 bits per heavy atom. The Hall–Kier alpha value is -0.0400. The van der Waals surface area contributed by atoms with Gasteiger partial charge in [-0.15, -0.1) is 0 Å². The van der Waals surface area contributed by atoms with E-state index < -0.39 is 0 Å². The first-order valence-electron chi connectivity index (χ1n) is 6.49. The quantitative estimate of drug-likeness (QED) is 0.725. The van der Waals surface area contributed by atoms with Gasteiger partial charge < -0.3 is 5.32 Å². The summed E-state index contributed by atoms with van der Waals surface area (Å²) in [5.41, 5.74) is 0.667.